The minimum absolute atomic E-state index is 0.0699. The molecule has 0 unspecified atom stereocenters. The third-order valence-corrected chi connectivity index (χ3v) is 6.38. The summed E-state index contributed by atoms with van der Waals surface area (Å²) in [7, 11) is 0. The van der Waals surface area contributed by atoms with Gasteiger partial charge in [-0.1, -0.05) is 6.07 Å². The highest BCUT2D eigenvalue weighted by molar-refractivity contribution is 7.13. The van der Waals surface area contributed by atoms with Gasteiger partial charge < -0.3 is 14.5 Å². The molecule has 0 atom stereocenters. The Hall–Kier alpha value is -2.94. The van der Waals surface area contributed by atoms with Gasteiger partial charge in [0.2, 0.25) is 0 Å². The number of ether oxygens (including phenoxy) is 1. The maximum absolute atomic E-state index is 13.3. The van der Waals surface area contributed by atoms with Crippen LogP contribution in [0.5, 0.6) is 0 Å². The molecule has 32 heavy (non-hydrogen) atoms. The zero-order chi connectivity index (χ0) is 22.9. The van der Waals surface area contributed by atoms with Gasteiger partial charge in [-0.2, -0.15) is 0 Å². The van der Waals surface area contributed by atoms with Crippen LogP contribution in [0.25, 0.3) is 16.3 Å². The third-order valence-electron chi connectivity index (χ3n) is 5.52. The van der Waals surface area contributed by atoms with E-state index in [4.69, 9.17) is 4.74 Å². The predicted octanol–water partition coefficient (Wildman–Crippen LogP) is 4.32. The molecule has 3 aromatic rings. The largest absolute Gasteiger partial charge is 0.444 e. The Balaban J connectivity index is 1.43. The van der Waals surface area contributed by atoms with Crippen LogP contribution in [0.2, 0.25) is 0 Å². The van der Waals surface area contributed by atoms with Crippen molar-refractivity contribution in [2.24, 2.45) is 0 Å². The first kappa shape index (κ1) is 22.3. The molecule has 4 heterocycles. The number of fused-ring (bicyclic) bond motifs is 1. The molecule has 1 fully saturated rings. The molecular formula is C23H29N5O3S. The third kappa shape index (κ3) is 4.62. The molecule has 1 aliphatic heterocycles. The van der Waals surface area contributed by atoms with Gasteiger partial charge in [-0.05, 0) is 52.7 Å². The Morgan fingerprint density at radius 3 is 2.69 bits per heavy atom. The topological polar surface area (TPSA) is 80.0 Å². The van der Waals surface area contributed by atoms with Crippen molar-refractivity contribution in [2.45, 2.75) is 52.2 Å². The van der Waals surface area contributed by atoms with Gasteiger partial charge in [-0.15, -0.1) is 11.3 Å². The fraction of sp³-hybridized carbons (Fsp3) is 0.478. The minimum atomic E-state index is -0.511. The van der Waals surface area contributed by atoms with Crippen LogP contribution < -0.4 is 0 Å². The van der Waals surface area contributed by atoms with Gasteiger partial charge >= 0.3 is 6.09 Å². The van der Waals surface area contributed by atoms with Crippen LogP contribution in [0.15, 0.2) is 36.0 Å². The number of likely N-dealkylation sites (tertiary alicyclic amines) is 1. The number of piperidine rings is 1. The second-order valence-corrected chi connectivity index (χ2v) is 9.76. The highest BCUT2D eigenvalue weighted by Crippen LogP contribution is 2.26. The molecule has 0 radical (unpaired) electrons. The zero-order valence-electron chi connectivity index (χ0n) is 18.9. The lowest BCUT2D eigenvalue weighted by atomic mass is 10.0. The Morgan fingerprint density at radius 1 is 1.25 bits per heavy atom. The maximum atomic E-state index is 13.3. The van der Waals surface area contributed by atoms with Crippen LogP contribution >= 0.6 is 11.3 Å². The molecule has 0 spiro atoms. The van der Waals surface area contributed by atoms with Crippen molar-refractivity contribution in [3.63, 3.8) is 0 Å². The number of nitrogens with zero attached hydrogens (tertiary/aromatic N) is 5. The standard InChI is InChI=1S/C23H29N5O3S/c1-5-27(16-9-12-26(13-10-16)22(30)31-23(2,3)4)21(29)17-15-32-20(25-17)18-14-24-19-8-6-7-11-28(18)19/h6-8,11,14-16H,5,9-10,12-13H2,1-4H3. The number of imidazole rings is 1. The van der Waals surface area contributed by atoms with Gasteiger partial charge in [0.15, 0.2) is 0 Å². The van der Waals surface area contributed by atoms with Crippen molar-refractivity contribution < 1.29 is 14.3 Å². The van der Waals surface area contributed by atoms with Gasteiger partial charge in [-0.3, -0.25) is 9.20 Å². The molecule has 1 saturated heterocycles. The van der Waals surface area contributed by atoms with E-state index in [0.29, 0.717) is 25.3 Å². The summed E-state index contributed by atoms with van der Waals surface area (Å²) in [5, 5.41) is 2.58. The monoisotopic (exact) mass is 455 g/mol. The van der Waals surface area contributed by atoms with Crippen LogP contribution in [0.3, 0.4) is 0 Å². The lowest BCUT2D eigenvalue weighted by Gasteiger charge is -2.38. The molecule has 9 heteroatoms. The number of hydrogen-bond donors (Lipinski definition) is 0. The molecule has 2 amide bonds. The normalized spacial score (nSPS) is 15.2. The minimum Gasteiger partial charge on any atom is -0.444 e. The maximum Gasteiger partial charge on any atom is 0.410 e. The molecular weight excluding hydrogens is 426 g/mol. The SMILES string of the molecule is CCN(C(=O)c1csc(-c2cnc3ccccn23)n1)C1CCN(C(=O)OC(C)(C)C)CC1. The quantitative estimate of drug-likeness (QED) is 0.585. The van der Waals surface area contributed by atoms with E-state index < -0.39 is 5.60 Å². The van der Waals surface area contributed by atoms with E-state index in [0.717, 1.165) is 29.2 Å². The van der Waals surface area contributed by atoms with Crippen molar-refractivity contribution >= 4 is 29.0 Å². The van der Waals surface area contributed by atoms with E-state index in [1.165, 1.54) is 11.3 Å². The van der Waals surface area contributed by atoms with Crippen LogP contribution in [0.4, 0.5) is 4.79 Å². The molecule has 0 bridgehead atoms. The Labute approximate surface area is 191 Å². The zero-order valence-corrected chi connectivity index (χ0v) is 19.8. The molecule has 3 aromatic heterocycles. The van der Waals surface area contributed by atoms with E-state index in [-0.39, 0.29) is 18.0 Å². The van der Waals surface area contributed by atoms with Crippen molar-refractivity contribution in [1.82, 2.24) is 24.2 Å². The second kappa shape index (κ2) is 8.90. The summed E-state index contributed by atoms with van der Waals surface area (Å²) < 4.78 is 7.44. The first-order valence-corrected chi connectivity index (χ1v) is 11.8. The Morgan fingerprint density at radius 2 is 2.00 bits per heavy atom. The highest BCUT2D eigenvalue weighted by Gasteiger charge is 2.32. The molecule has 1 aliphatic rings. The van der Waals surface area contributed by atoms with E-state index >= 15 is 0 Å². The number of amides is 2. The number of aromatic nitrogens is 3. The second-order valence-electron chi connectivity index (χ2n) is 8.90. The Bertz CT molecular complexity index is 1110. The number of hydrogen-bond acceptors (Lipinski definition) is 6. The van der Waals surface area contributed by atoms with E-state index in [1.807, 2.05) is 66.8 Å². The molecule has 170 valence electrons. The summed E-state index contributed by atoms with van der Waals surface area (Å²) in [5.41, 5.74) is 1.66. The van der Waals surface area contributed by atoms with Crippen LogP contribution in [-0.4, -0.2) is 67.4 Å². The van der Waals surface area contributed by atoms with Crippen molar-refractivity contribution in [3.8, 4) is 10.7 Å². The van der Waals surface area contributed by atoms with E-state index in [2.05, 4.69) is 9.97 Å². The van der Waals surface area contributed by atoms with Crippen molar-refractivity contribution in [2.75, 3.05) is 19.6 Å². The van der Waals surface area contributed by atoms with Crippen LogP contribution in [0, 0.1) is 0 Å². The summed E-state index contributed by atoms with van der Waals surface area (Å²) in [6.07, 6.45) is 4.89. The van der Waals surface area contributed by atoms with Crippen LogP contribution in [0.1, 0.15) is 51.0 Å². The van der Waals surface area contributed by atoms with Crippen molar-refractivity contribution in [3.05, 3.63) is 41.7 Å². The molecule has 0 saturated carbocycles. The smallest absolute Gasteiger partial charge is 0.410 e. The van der Waals surface area contributed by atoms with Gasteiger partial charge in [0, 0.05) is 37.3 Å². The van der Waals surface area contributed by atoms with E-state index in [1.54, 1.807) is 11.1 Å². The Kier molecular flexibility index (Phi) is 6.19. The average molecular weight is 456 g/mol. The number of thiazole rings is 1. The number of rotatable bonds is 4. The summed E-state index contributed by atoms with van der Waals surface area (Å²) in [6, 6.07) is 5.90. The van der Waals surface area contributed by atoms with Crippen LogP contribution in [-0.2, 0) is 4.74 Å². The van der Waals surface area contributed by atoms with Crippen molar-refractivity contribution in [1.29, 1.82) is 0 Å². The average Bonchev–Trinajstić information content (AvgIpc) is 3.40. The first-order chi connectivity index (χ1) is 15.3. The lowest BCUT2D eigenvalue weighted by molar-refractivity contribution is 0.0149. The van der Waals surface area contributed by atoms with Gasteiger partial charge in [-0.25, -0.2) is 14.8 Å². The van der Waals surface area contributed by atoms with Gasteiger partial charge in [0.25, 0.3) is 5.91 Å². The summed E-state index contributed by atoms with van der Waals surface area (Å²) in [4.78, 5) is 38.2. The first-order valence-electron chi connectivity index (χ1n) is 10.9. The number of pyridine rings is 1. The fourth-order valence-corrected chi connectivity index (χ4v) is 4.78. The molecule has 0 N–H and O–H groups in total. The summed E-state index contributed by atoms with van der Waals surface area (Å²) in [5.74, 6) is -0.0699. The number of carbonyl (C=O) groups is 2. The van der Waals surface area contributed by atoms with Gasteiger partial charge in [0.1, 0.15) is 27.6 Å². The molecule has 0 aliphatic carbocycles. The molecule has 8 nitrogen and oxygen atoms in total. The number of carbonyl (C=O) groups excluding carboxylic acids is 2. The van der Waals surface area contributed by atoms with Gasteiger partial charge in [0.05, 0.1) is 6.20 Å². The lowest BCUT2D eigenvalue weighted by Crippen LogP contribution is -2.49. The molecule has 4 rings (SSSR count). The van der Waals surface area contributed by atoms with E-state index in [9.17, 15) is 9.59 Å². The highest BCUT2D eigenvalue weighted by atomic mass is 32.1. The fourth-order valence-electron chi connectivity index (χ4n) is 3.98. The molecule has 0 aromatic carbocycles. The summed E-state index contributed by atoms with van der Waals surface area (Å²) >= 11 is 1.45. The summed E-state index contributed by atoms with van der Waals surface area (Å²) in [6.45, 7) is 9.33. The predicted molar refractivity (Wildman–Crippen MR) is 124 cm³/mol.